The van der Waals surface area contributed by atoms with E-state index >= 15 is 0 Å². The van der Waals surface area contributed by atoms with Crippen molar-refractivity contribution in [3.8, 4) is 0 Å². The third-order valence-corrected chi connectivity index (χ3v) is 7.07. The summed E-state index contributed by atoms with van der Waals surface area (Å²) in [6.45, 7) is 3.58. The maximum absolute atomic E-state index is 13.7. The Kier molecular flexibility index (Phi) is 4.25. The SMILES string of the molecule is CC1(C)O[C@H]2O[C@H]3[C@H](OP(=O)(c4ccccc4)O[C@H]3c3ccc(F)cc3)[C@H]2O1. The summed E-state index contributed by atoms with van der Waals surface area (Å²) in [4.78, 5) is 0. The van der Waals surface area contributed by atoms with Crippen LogP contribution in [-0.4, -0.2) is 30.4 Å². The summed E-state index contributed by atoms with van der Waals surface area (Å²) in [7, 11) is -3.67. The minimum atomic E-state index is -3.67. The van der Waals surface area contributed by atoms with Crippen LogP contribution in [0.25, 0.3) is 0 Å². The third-order valence-electron chi connectivity index (χ3n) is 5.11. The first kappa shape index (κ1) is 18.4. The summed E-state index contributed by atoms with van der Waals surface area (Å²) in [5, 5.41) is 0.446. The summed E-state index contributed by atoms with van der Waals surface area (Å²) >= 11 is 0. The average Bonchev–Trinajstić information content (AvgIpc) is 3.15. The van der Waals surface area contributed by atoms with Crippen molar-refractivity contribution in [2.75, 3.05) is 0 Å². The zero-order valence-electron chi connectivity index (χ0n) is 15.4. The highest BCUT2D eigenvalue weighted by molar-refractivity contribution is 7.62. The van der Waals surface area contributed by atoms with E-state index in [9.17, 15) is 8.96 Å². The molecular weight excluding hydrogens is 386 g/mol. The Hall–Kier alpha value is -1.60. The van der Waals surface area contributed by atoms with Gasteiger partial charge in [-0.3, -0.25) is 13.6 Å². The minimum absolute atomic E-state index is 0.365. The Bertz CT molecular complexity index is 918. The molecule has 0 spiro atoms. The van der Waals surface area contributed by atoms with Gasteiger partial charge in [-0.25, -0.2) is 4.39 Å². The lowest BCUT2D eigenvalue weighted by molar-refractivity contribution is -0.229. The predicted octanol–water partition coefficient (Wildman–Crippen LogP) is 3.68. The molecule has 2 aromatic carbocycles. The number of fused-ring (bicyclic) bond motifs is 3. The first-order chi connectivity index (χ1) is 13.3. The fourth-order valence-corrected chi connectivity index (χ4v) is 5.83. The molecule has 1 unspecified atom stereocenters. The largest absolute Gasteiger partial charge is 0.362 e. The number of rotatable bonds is 2. The molecule has 8 heteroatoms. The molecule has 3 aliphatic heterocycles. The van der Waals surface area contributed by atoms with Crippen LogP contribution >= 0.6 is 7.60 Å². The van der Waals surface area contributed by atoms with Crippen LogP contribution < -0.4 is 5.30 Å². The standard InChI is InChI=1S/C20H20FO6P/c1-20(2)24-18-17-16(23-19(18)25-20)15(12-8-10-13(21)11-9-12)26-28(22,27-17)14-6-4-3-5-7-14/h3-11,15-19H,1-2H3/t15-,16+,17-,18+,19+,28?/m0/s1. The molecule has 28 heavy (non-hydrogen) atoms. The van der Waals surface area contributed by atoms with Crippen LogP contribution in [0.1, 0.15) is 25.5 Å². The molecule has 0 radical (unpaired) electrons. The lowest BCUT2D eigenvalue weighted by Crippen LogP contribution is -2.44. The van der Waals surface area contributed by atoms with Crippen molar-refractivity contribution < 1.29 is 32.2 Å². The van der Waals surface area contributed by atoms with E-state index in [4.69, 9.17) is 23.3 Å². The normalized spacial score (nSPS) is 38.8. The second-order valence-electron chi connectivity index (χ2n) is 7.55. The van der Waals surface area contributed by atoms with Crippen molar-refractivity contribution in [2.45, 2.75) is 50.3 Å². The minimum Gasteiger partial charge on any atom is -0.341 e. The molecule has 3 saturated heterocycles. The molecule has 0 amide bonds. The van der Waals surface area contributed by atoms with Crippen LogP contribution in [0.3, 0.4) is 0 Å². The van der Waals surface area contributed by atoms with E-state index in [0.717, 1.165) is 0 Å². The number of benzene rings is 2. The molecule has 2 aromatic rings. The van der Waals surface area contributed by atoms with E-state index < -0.39 is 44.1 Å². The van der Waals surface area contributed by atoms with Crippen LogP contribution in [0, 0.1) is 5.82 Å². The molecule has 0 aliphatic carbocycles. The molecule has 3 heterocycles. The fraction of sp³-hybridized carbons (Fsp3) is 0.400. The second kappa shape index (κ2) is 6.46. The second-order valence-corrected chi connectivity index (χ2v) is 9.48. The van der Waals surface area contributed by atoms with Gasteiger partial charge in [-0.2, -0.15) is 0 Å². The number of ether oxygens (including phenoxy) is 3. The number of halogens is 1. The summed E-state index contributed by atoms with van der Waals surface area (Å²) in [5.74, 6) is -1.19. The molecule has 5 rings (SSSR count). The average molecular weight is 406 g/mol. The molecular formula is C20H20FO6P. The van der Waals surface area contributed by atoms with Crippen molar-refractivity contribution in [3.05, 3.63) is 66.0 Å². The Balaban J connectivity index is 1.55. The zero-order valence-corrected chi connectivity index (χ0v) is 16.3. The van der Waals surface area contributed by atoms with Crippen LogP contribution in [0.15, 0.2) is 54.6 Å². The van der Waals surface area contributed by atoms with Gasteiger partial charge in [0.25, 0.3) is 0 Å². The lowest BCUT2D eigenvalue weighted by atomic mass is 9.99. The highest BCUT2D eigenvalue weighted by Gasteiger charge is 2.62. The van der Waals surface area contributed by atoms with Gasteiger partial charge in [-0.1, -0.05) is 30.3 Å². The van der Waals surface area contributed by atoms with Crippen molar-refractivity contribution in [1.82, 2.24) is 0 Å². The summed E-state index contributed by atoms with van der Waals surface area (Å²) < 4.78 is 56.9. The Morgan fingerprint density at radius 2 is 1.61 bits per heavy atom. The van der Waals surface area contributed by atoms with Crippen LogP contribution in [0.2, 0.25) is 0 Å². The number of hydrogen-bond donors (Lipinski definition) is 0. The smallest absolute Gasteiger partial charge is 0.341 e. The maximum Gasteiger partial charge on any atom is 0.362 e. The van der Waals surface area contributed by atoms with Crippen molar-refractivity contribution in [1.29, 1.82) is 0 Å². The fourth-order valence-electron chi connectivity index (χ4n) is 3.90. The maximum atomic E-state index is 13.7. The molecule has 0 aromatic heterocycles. The van der Waals surface area contributed by atoms with E-state index in [0.29, 0.717) is 10.9 Å². The zero-order chi connectivity index (χ0) is 19.5. The van der Waals surface area contributed by atoms with Gasteiger partial charge < -0.3 is 14.2 Å². The molecule has 3 fully saturated rings. The molecule has 6 atom stereocenters. The van der Waals surface area contributed by atoms with E-state index in [-0.39, 0.29) is 5.82 Å². The molecule has 6 nitrogen and oxygen atoms in total. The Morgan fingerprint density at radius 1 is 0.893 bits per heavy atom. The van der Waals surface area contributed by atoms with Gasteiger partial charge in [0.05, 0.1) is 5.30 Å². The van der Waals surface area contributed by atoms with Crippen molar-refractivity contribution >= 4 is 12.9 Å². The van der Waals surface area contributed by atoms with Gasteiger partial charge in [0.1, 0.15) is 30.2 Å². The van der Waals surface area contributed by atoms with Crippen LogP contribution in [-0.2, 0) is 27.8 Å². The monoisotopic (exact) mass is 406 g/mol. The molecule has 3 aliphatic rings. The van der Waals surface area contributed by atoms with E-state index in [1.165, 1.54) is 12.1 Å². The lowest BCUT2D eigenvalue weighted by Gasteiger charge is -2.39. The summed E-state index contributed by atoms with van der Waals surface area (Å²) in [6, 6.07) is 14.6. The van der Waals surface area contributed by atoms with E-state index in [2.05, 4.69) is 0 Å². The van der Waals surface area contributed by atoms with Gasteiger partial charge in [0.2, 0.25) is 0 Å². The summed E-state index contributed by atoms with van der Waals surface area (Å²) in [5.41, 5.74) is 0.648. The van der Waals surface area contributed by atoms with E-state index in [1.807, 2.05) is 6.07 Å². The topological polar surface area (TPSA) is 63.2 Å². The quantitative estimate of drug-likeness (QED) is 0.709. The van der Waals surface area contributed by atoms with Crippen LogP contribution in [0.4, 0.5) is 4.39 Å². The van der Waals surface area contributed by atoms with Crippen molar-refractivity contribution in [3.63, 3.8) is 0 Å². The van der Waals surface area contributed by atoms with Gasteiger partial charge >= 0.3 is 7.60 Å². The first-order valence-electron chi connectivity index (χ1n) is 9.14. The van der Waals surface area contributed by atoms with Gasteiger partial charge in [-0.05, 0) is 43.7 Å². The molecule has 148 valence electrons. The first-order valence-corrected chi connectivity index (χ1v) is 10.7. The Labute approximate surface area is 162 Å². The van der Waals surface area contributed by atoms with Gasteiger partial charge in [-0.15, -0.1) is 0 Å². The third kappa shape index (κ3) is 3.03. The van der Waals surface area contributed by atoms with E-state index in [1.54, 1.807) is 50.2 Å². The highest BCUT2D eigenvalue weighted by atomic mass is 31.2. The number of hydrogen-bond acceptors (Lipinski definition) is 6. The van der Waals surface area contributed by atoms with Gasteiger partial charge in [0, 0.05) is 0 Å². The van der Waals surface area contributed by atoms with Crippen LogP contribution in [0.5, 0.6) is 0 Å². The predicted molar refractivity (Wildman–Crippen MR) is 97.5 cm³/mol. The molecule has 0 N–H and O–H groups in total. The Morgan fingerprint density at radius 3 is 2.32 bits per heavy atom. The molecule has 0 bridgehead atoms. The highest BCUT2D eigenvalue weighted by Crippen LogP contribution is 2.61. The van der Waals surface area contributed by atoms with Crippen molar-refractivity contribution in [2.24, 2.45) is 0 Å². The van der Waals surface area contributed by atoms with Gasteiger partial charge in [0.15, 0.2) is 12.1 Å². The molecule has 0 saturated carbocycles. The summed E-state index contributed by atoms with van der Waals surface area (Å²) in [6.07, 6.45) is -3.15.